The van der Waals surface area contributed by atoms with Crippen LogP contribution in [0.3, 0.4) is 0 Å². The number of ether oxygens (including phenoxy) is 2. The second-order valence-corrected chi connectivity index (χ2v) is 8.17. The molecule has 0 radical (unpaired) electrons. The fourth-order valence-corrected chi connectivity index (χ4v) is 3.43. The molecule has 0 amide bonds. The van der Waals surface area contributed by atoms with E-state index in [9.17, 15) is 21.6 Å². The number of benzene rings is 2. The Kier molecular flexibility index (Phi) is 4.11. The van der Waals surface area contributed by atoms with Crippen LogP contribution in [0.5, 0.6) is 11.5 Å². The summed E-state index contributed by atoms with van der Waals surface area (Å²) in [5, 5.41) is 0. The highest BCUT2D eigenvalue weighted by molar-refractivity contribution is 7.90. The molecule has 1 aliphatic rings. The summed E-state index contributed by atoms with van der Waals surface area (Å²) in [4.78, 5) is 3.79. The molecule has 0 saturated heterocycles. The molecule has 0 spiro atoms. The van der Waals surface area contributed by atoms with Crippen molar-refractivity contribution in [2.45, 2.75) is 11.1 Å². The highest BCUT2D eigenvalue weighted by Gasteiger charge is 2.35. The predicted molar refractivity (Wildman–Crippen MR) is 93.2 cm³/mol. The molecular formula is C18H13F3N2O4S. The van der Waals surface area contributed by atoms with Gasteiger partial charge in [-0.05, 0) is 36.4 Å². The molecule has 2 heterocycles. The van der Waals surface area contributed by atoms with E-state index in [0.717, 1.165) is 12.5 Å². The first-order valence-corrected chi connectivity index (χ1v) is 9.89. The number of fused-ring (bicyclic) bond motifs is 1. The third-order valence-electron chi connectivity index (χ3n) is 4.17. The topological polar surface area (TPSA) is 70.4 Å². The highest BCUT2D eigenvalue weighted by Crippen LogP contribution is 2.37. The first-order chi connectivity index (χ1) is 13.1. The zero-order chi connectivity index (χ0) is 20.1. The molecule has 1 aromatic heterocycles. The van der Waals surface area contributed by atoms with Crippen molar-refractivity contribution in [1.82, 2.24) is 9.55 Å². The van der Waals surface area contributed by atoms with Crippen LogP contribution in [-0.4, -0.2) is 31.0 Å². The van der Waals surface area contributed by atoms with Gasteiger partial charge in [-0.2, -0.15) is 13.2 Å². The molecular weight excluding hydrogens is 397 g/mol. The summed E-state index contributed by atoms with van der Waals surface area (Å²) in [7, 11) is -3.43. The summed E-state index contributed by atoms with van der Waals surface area (Å²) >= 11 is 0. The van der Waals surface area contributed by atoms with Crippen LogP contribution in [0.2, 0.25) is 0 Å². The molecule has 3 aromatic rings. The third-order valence-corrected chi connectivity index (χ3v) is 5.30. The summed E-state index contributed by atoms with van der Waals surface area (Å²) in [6, 6.07) is 10.2. The van der Waals surface area contributed by atoms with E-state index >= 15 is 0 Å². The molecule has 146 valence electrons. The van der Waals surface area contributed by atoms with Crippen LogP contribution < -0.4 is 9.47 Å². The maximum atomic E-state index is 13.3. The number of imidazole rings is 1. The summed E-state index contributed by atoms with van der Waals surface area (Å²) in [6.07, 6.45) is -2.70. The number of sulfone groups is 1. The standard InChI is InChI=1S/C18H13F3N2O4S/c1-28(24,25)13-5-2-11(3-6-13)17-22-16(18(19,20)21)9-23(17)12-4-7-14-15(8-12)27-10-26-14/h2-9H,10H2,1H3. The Morgan fingerprint density at radius 1 is 1.04 bits per heavy atom. The van der Waals surface area contributed by atoms with Crippen LogP contribution in [-0.2, 0) is 16.0 Å². The lowest BCUT2D eigenvalue weighted by Crippen LogP contribution is -2.05. The molecule has 1 aliphatic heterocycles. The minimum Gasteiger partial charge on any atom is -0.454 e. The maximum absolute atomic E-state index is 13.3. The van der Waals surface area contributed by atoms with Gasteiger partial charge in [0.05, 0.1) is 10.6 Å². The van der Waals surface area contributed by atoms with E-state index in [4.69, 9.17) is 9.47 Å². The Bertz CT molecular complexity index is 1150. The zero-order valence-electron chi connectivity index (χ0n) is 14.4. The van der Waals surface area contributed by atoms with Gasteiger partial charge < -0.3 is 9.47 Å². The SMILES string of the molecule is CS(=O)(=O)c1ccc(-c2nc(C(F)(F)F)cn2-c2ccc3c(c2)OCO3)cc1. The minimum atomic E-state index is -4.64. The molecule has 0 saturated carbocycles. The average molecular weight is 410 g/mol. The molecule has 0 N–H and O–H groups in total. The van der Waals surface area contributed by atoms with Crippen molar-refractivity contribution in [3.8, 4) is 28.6 Å². The quantitative estimate of drug-likeness (QED) is 0.659. The van der Waals surface area contributed by atoms with Crippen molar-refractivity contribution in [2.75, 3.05) is 13.0 Å². The molecule has 10 heteroatoms. The molecule has 28 heavy (non-hydrogen) atoms. The van der Waals surface area contributed by atoms with Gasteiger partial charge >= 0.3 is 6.18 Å². The van der Waals surface area contributed by atoms with Crippen molar-refractivity contribution in [2.24, 2.45) is 0 Å². The lowest BCUT2D eigenvalue weighted by Gasteiger charge is -2.09. The van der Waals surface area contributed by atoms with Crippen molar-refractivity contribution in [1.29, 1.82) is 0 Å². The number of hydrogen-bond donors (Lipinski definition) is 0. The molecule has 6 nitrogen and oxygen atoms in total. The second-order valence-electron chi connectivity index (χ2n) is 6.15. The molecule has 4 rings (SSSR count). The average Bonchev–Trinajstić information content (AvgIpc) is 3.27. The largest absolute Gasteiger partial charge is 0.454 e. The first kappa shape index (κ1) is 18.4. The fraction of sp³-hybridized carbons (Fsp3) is 0.167. The van der Waals surface area contributed by atoms with Gasteiger partial charge in [0.25, 0.3) is 0 Å². The Morgan fingerprint density at radius 2 is 1.71 bits per heavy atom. The van der Waals surface area contributed by atoms with Gasteiger partial charge in [0.15, 0.2) is 27.0 Å². The van der Waals surface area contributed by atoms with E-state index in [1.165, 1.54) is 28.8 Å². The number of alkyl halides is 3. The van der Waals surface area contributed by atoms with E-state index < -0.39 is 21.7 Å². The van der Waals surface area contributed by atoms with Gasteiger partial charge in [0, 0.05) is 24.1 Å². The van der Waals surface area contributed by atoms with Crippen LogP contribution in [0.1, 0.15) is 5.69 Å². The lowest BCUT2D eigenvalue weighted by molar-refractivity contribution is -0.140. The maximum Gasteiger partial charge on any atom is 0.434 e. The normalized spacial score (nSPS) is 13.7. The van der Waals surface area contributed by atoms with E-state index in [-0.39, 0.29) is 17.5 Å². The fourth-order valence-electron chi connectivity index (χ4n) is 2.80. The number of nitrogens with zero attached hydrogens (tertiary/aromatic N) is 2. The van der Waals surface area contributed by atoms with E-state index in [0.29, 0.717) is 22.7 Å². The smallest absolute Gasteiger partial charge is 0.434 e. The molecule has 0 atom stereocenters. The third kappa shape index (κ3) is 3.31. The van der Waals surface area contributed by atoms with Crippen molar-refractivity contribution in [3.05, 3.63) is 54.4 Å². The van der Waals surface area contributed by atoms with Crippen molar-refractivity contribution in [3.63, 3.8) is 0 Å². The molecule has 2 aromatic carbocycles. The van der Waals surface area contributed by atoms with Crippen LogP contribution in [0.4, 0.5) is 13.2 Å². The minimum absolute atomic E-state index is 0.0197. The Balaban J connectivity index is 1.86. The lowest BCUT2D eigenvalue weighted by atomic mass is 10.2. The number of halogens is 3. The first-order valence-electron chi connectivity index (χ1n) is 8.00. The van der Waals surface area contributed by atoms with Crippen LogP contribution in [0, 0.1) is 0 Å². The summed E-state index contributed by atoms with van der Waals surface area (Å²) in [5.41, 5.74) is -0.331. The molecule has 0 unspecified atom stereocenters. The van der Waals surface area contributed by atoms with Crippen LogP contribution in [0.25, 0.3) is 17.1 Å². The van der Waals surface area contributed by atoms with Gasteiger partial charge in [0.1, 0.15) is 5.82 Å². The molecule has 0 aliphatic carbocycles. The van der Waals surface area contributed by atoms with Crippen molar-refractivity contribution >= 4 is 9.84 Å². The number of hydrogen-bond acceptors (Lipinski definition) is 5. The van der Waals surface area contributed by atoms with E-state index in [2.05, 4.69) is 4.98 Å². The van der Waals surface area contributed by atoms with Gasteiger partial charge in [-0.15, -0.1) is 0 Å². The monoisotopic (exact) mass is 410 g/mol. The Morgan fingerprint density at radius 3 is 2.36 bits per heavy atom. The van der Waals surface area contributed by atoms with Crippen LogP contribution >= 0.6 is 0 Å². The Hall–Kier alpha value is -3.01. The zero-order valence-corrected chi connectivity index (χ0v) is 15.2. The van der Waals surface area contributed by atoms with Gasteiger partial charge in [-0.25, -0.2) is 13.4 Å². The summed E-state index contributed by atoms with van der Waals surface area (Å²) < 4.78 is 74.8. The predicted octanol–water partition coefficient (Wildman–Crippen LogP) is 3.69. The van der Waals surface area contributed by atoms with Gasteiger partial charge in [0.2, 0.25) is 6.79 Å². The number of aromatic nitrogens is 2. The van der Waals surface area contributed by atoms with Gasteiger partial charge in [-0.1, -0.05) is 0 Å². The molecule has 0 bridgehead atoms. The number of rotatable bonds is 3. The highest BCUT2D eigenvalue weighted by atomic mass is 32.2. The summed E-state index contributed by atoms with van der Waals surface area (Å²) in [5.74, 6) is 0.934. The summed E-state index contributed by atoms with van der Waals surface area (Å²) in [6.45, 7) is 0.0380. The Labute approximate surface area is 158 Å². The molecule has 0 fully saturated rings. The van der Waals surface area contributed by atoms with Gasteiger partial charge in [-0.3, -0.25) is 4.57 Å². The van der Waals surface area contributed by atoms with Crippen molar-refractivity contribution < 1.29 is 31.1 Å². The second kappa shape index (κ2) is 6.26. The van der Waals surface area contributed by atoms with E-state index in [1.54, 1.807) is 18.2 Å². The van der Waals surface area contributed by atoms with E-state index in [1.807, 2.05) is 0 Å². The van der Waals surface area contributed by atoms with Crippen LogP contribution in [0.15, 0.2) is 53.6 Å².